The molecule has 0 radical (unpaired) electrons. The summed E-state index contributed by atoms with van der Waals surface area (Å²) in [6.07, 6.45) is 3.39. The molecule has 0 aliphatic heterocycles. The van der Waals surface area contributed by atoms with Crippen LogP contribution in [0.4, 0.5) is 5.69 Å². The number of rotatable bonds is 9. The van der Waals surface area contributed by atoms with Crippen LogP contribution in [0.2, 0.25) is 0 Å². The van der Waals surface area contributed by atoms with Gasteiger partial charge in [0, 0.05) is 6.61 Å². The van der Waals surface area contributed by atoms with E-state index in [0.717, 1.165) is 19.3 Å². The summed E-state index contributed by atoms with van der Waals surface area (Å²) >= 11 is 0. The number of nitrogens with one attached hydrogen (secondary N) is 1. The van der Waals surface area contributed by atoms with Crippen molar-refractivity contribution in [1.29, 1.82) is 5.26 Å². The molecule has 1 amide bonds. The molecule has 0 saturated heterocycles. The van der Waals surface area contributed by atoms with E-state index in [9.17, 15) is 10.1 Å². The number of nitrogens with zero attached hydrogens (tertiary/aromatic N) is 1. The molecular formula is C18H26N2O3. The molecule has 0 bridgehead atoms. The van der Waals surface area contributed by atoms with Gasteiger partial charge in [-0.05, 0) is 38.0 Å². The van der Waals surface area contributed by atoms with Gasteiger partial charge in [0.05, 0.1) is 18.4 Å². The van der Waals surface area contributed by atoms with E-state index >= 15 is 0 Å². The SMILES string of the molecule is CCCC[C@@](C)(OCCC)C(=O)Nc1ccc(OC)cc1C#N. The van der Waals surface area contributed by atoms with Crippen LogP contribution in [0.25, 0.3) is 0 Å². The van der Waals surface area contributed by atoms with Gasteiger partial charge in [-0.25, -0.2) is 0 Å². The van der Waals surface area contributed by atoms with E-state index in [0.29, 0.717) is 30.0 Å². The number of ether oxygens (including phenoxy) is 2. The van der Waals surface area contributed by atoms with Crippen molar-refractivity contribution in [2.24, 2.45) is 0 Å². The monoisotopic (exact) mass is 318 g/mol. The van der Waals surface area contributed by atoms with Gasteiger partial charge in [0.2, 0.25) is 0 Å². The van der Waals surface area contributed by atoms with Crippen LogP contribution in [0.15, 0.2) is 18.2 Å². The highest BCUT2D eigenvalue weighted by molar-refractivity contribution is 5.98. The lowest BCUT2D eigenvalue weighted by Crippen LogP contribution is -2.43. The number of methoxy groups -OCH3 is 1. The smallest absolute Gasteiger partial charge is 0.256 e. The minimum Gasteiger partial charge on any atom is -0.497 e. The van der Waals surface area contributed by atoms with Crippen LogP contribution < -0.4 is 10.1 Å². The predicted molar refractivity (Wildman–Crippen MR) is 90.5 cm³/mol. The first-order valence-corrected chi connectivity index (χ1v) is 8.04. The Balaban J connectivity index is 2.95. The molecule has 0 unspecified atom stereocenters. The standard InChI is InChI=1S/C18H26N2O3/c1-5-7-10-18(3,23-11-6-2)17(21)20-16-9-8-15(22-4)12-14(16)13-19/h8-9,12H,5-7,10-11H2,1-4H3,(H,20,21)/t18-/m1/s1. The summed E-state index contributed by atoms with van der Waals surface area (Å²) in [5.74, 6) is 0.358. The van der Waals surface area contributed by atoms with Crippen molar-refractivity contribution in [3.8, 4) is 11.8 Å². The van der Waals surface area contributed by atoms with Gasteiger partial charge < -0.3 is 14.8 Å². The Morgan fingerprint density at radius 1 is 1.35 bits per heavy atom. The van der Waals surface area contributed by atoms with E-state index in [4.69, 9.17) is 9.47 Å². The largest absolute Gasteiger partial charge is 0.497 e. The zero-order valence-corrected chi connectivity index (χ0v) is 14.4. The van der Waals surface area contributed by atoms with Gasteiger partial charge in [0.15, 0.2) is 0 Å². The second kappa shape index (κ2) is 9.16. The van der Waals surface area contributed by atoms with Crippen LogP contribution in [0, 0.1) is 11.3 Å². The van der Waals surface area contributed by atoms with Gasteiger partial charge in [-0.15, -0.1) is 0 Å². The third-order valence-electron chi connectivity index (χ3n) is 3.71. The molecule has 1 aromatic rings. The maximum atomic E-state index is 12.7. The van der Waals surface area contributed by atoms with Crippen LogP contribution in [-0.4, -0.2) is 25.2 Å². The molecular weight excluding hydrogens is 292 g/mol. The minimum absolute atomic E-state index is 0.221. The van der Waals surface area contributed by atoms with Crippen LogP contribution in [-0.2, 0) is 9.53 Å². The fraction of sp³-hybridized carbons (Fsp3) is 0.556. The predicted octanol–water partition coefficient (Wildman–Crippen LogP) is 3.88. The van der Waals surface area contributed by atoms with Gasteiger partial charge >= 0.3 is 0 Å². The fourth-order valence-corrected chi connectivity index (χ4v) is 2.20. The lowest BCUT2D eigenvalue weighted by atomic mass is 9.97. The molecule has 1 N–H and O–H groups in total. The second-order valence-electron chi connectivity index (χ2n) is 5.66. The number of benzene rings is 1. The maximum Gasteiger partial charge on any atom is 0.256 e. The first-order valence-electron chi connectivity index (χ1n) is 8.04. The summed E-state index contributed by atoms with van der Waals surface area (Å²) in [7, 11) is 1.54. The number of carbonyl (C=O) groups excluding carboxylic acids is 1. The summed E-state index contributed by atoms with van der Waals surface area (Å²) in [4.78, 5) is 12.7. The van der Waals surface area contributed by atoms with E-state index in [2.05, 4.69) is 18.3 Å². The number of nitriles is 1. The summed E-state index contributed by atoms with van der Waals surface area (Å²) in [6.45, 7) is 6.43. The molecule has 0 spiro atoms. The van der Waals surface area contributed by atoms with Crippen molar-refractivity contribution < 1.29 is 14.3 Å². The Kier molecular flexibility index (Phi) is 7.56. The first-order chi connectivity index (χ1) is 11.0. The van der Waals surface area contributed by atoms with Gasteiger partial charge in [0.25, 0.3) is 5.91 Å². The minimum atomic E-state index is -0.890. The number of amides is 1. The van der Waals surface area contributed by atoms with Gasteiger partial charge in [-0.2, -0.15) is 5.26 Å². The van der Waals surface area contributed by atoms with Gasteiger partial charge in [0.1, 0.15) is 17.4 Å². The Hall–Kier alpha value is -2.06. The fourth-order valence-electron chi connectivity index (χ4n) is 2.20. The zero-order chi connectivity index (χ0) is 17.3. The van der Waals surface area contributed by atoms with Crippen molar-refractivity contribution in [2.75, 3.05) is 19.0 Å². The van der Waals surface area contributed by atoms with Crippen LogP contribution in [0.3, 0.4) is 0 Å². The number of hydrogen-bond acceptors (Lipinski definition) is 4. The van der Waals surface area contributed by atoms with Crippen LogP contribution in [0.5, 0.6) is 5.75 Å². The van der Waals surface area contributed by atoms with Crippen LogP contribution >= 0.6 is 0 Å². The molecule has 1 atom stereocenters. The van der Waals surface area contributed by atoms with E-state index in [1.54, 1.807) is 18.2 Å². The van der Waals surface area contributed by atoms with E-state index < -0.39 is 5.60 Å². The molecule has 126 valence electrons. The topological polar surface area (TPSA) is 71.3 Å². The summed E-state index contributed by atoms with van der Waals surface area (Å²) < 4.78 is 10.9. The van der Waals surface area contributed by atoms with Crippen molar-refractivity contribution in [2.45, 2.75) is 52.1 Å². The van der Waals surface area contributed by atoms with Gasteiger partial charge in [-0.3, -0.25) is 4.79 Å². The molecule has 0 aliphatic carbocycles. The average Bonchev–Trinajstić information content (AvgIpc) is 2.58. The highest BCUT2D eigenvalue weighted by Crippen LogP contribution is 2.25. The molecule has 0 fully saturated rings. The third kappa shape index (κ3) is 5.26. The maximum absolute atomic E-state index is 12.7. The highest BCUT2D eigenvalue weighted by atomic mass is 16.5. The lowest BCUT2D eigenvalue weighted by Gasteiger charge is -2.28. The quantitative estimate of drug-likeness (QED) is 0.750. The second-order valence-corrected chi connectivity index (χ2v) is 5.66. The number of unbranched alkanes of at least 4 members (excludes halogenated alkanes) is 1. The van der Waals surface area contributed by atoms with E-state index in [1.807, 2.05) is 13.8 Å². The molecule has 1 rings (SSSR count). The van der Waals surface area contributed by atoms with Crippen molar-refractivity contribution in [3.63, 3.8) is 0 Å². The molecule has 0 heterocycles. The normalized spacial score (nSPS) is 13.0. The summed E-state index contributed by atoms with van der Waals surface area (Å²) in [5, 5.41) is 12.1. The molecule has 5 nitrogen and oxygen atoms in total. The Bertz CT molecular complexity index is 556. The summed E-state index contributed by atoms with van der Waals surface area (Å²) in [5.41, 5.74) is -0.0502. The Morgan fingerprint density at radius 2 is 2.09 bits per heavy atom. The first kappa shape index (κ1) is 19.0. The Morgan fingerprint density at radius 3 is 2.65 bits per heavy atom. The van der Waals surface area contributed by atoms with Gasteiger partial charge in [-0.1, -0.05) is 26.7 Å². The average molecular weight is 318 g/mol. The lowest BCUT2D eigenvalue weighted by molar-refractivity contribution is -0.140. The van der Waals surface area contributed by atoms with E-state index in [1.165, 1.54) is 7.11 Å². The van der Waals surface area contributed by atoms with Crippen LogP contribution in [0.1, 0.15) is 52.0 Å². The number of carbonyl (C=O) groups is 1. The molecule has 0 saturated carbocycles. The molecule has 5 heteroatoms. The molecule has 23 heavy (non-hydrogen) atoms. The number of hydrogen-bond donors (Lipinski definition) is 1. The molecule has 1 aromatic carbocycles. The van der Waals surface area contributed by atoms with Crippen molar-refractivity contribution in [1.82, 2.24) is 0 Å². The highest BCUT2D eigenvalue weighted by Gasteiger charge is 2.33. The molecule has 0 aliphatic rings. The van der Waals surface area contributed by atoms with Crippen molar-refractivity contribution in [3.05, 3.63) is 23.8 Å². The number of anilines is 1. The van der Waals surface area contributed by atoms with Crippen molar-refractivity contribution >= 4 is 11.6 Å². The van der Waals surface area contributed by atoms with E-state index in [-0.39, 0.29) is 5.91 Å². The Labute approximate surface area is 138 Å². The zero-order valence-electron chi connectivity index (χ0n) is 14.4. The molecule has 0 aromatic heterocycles. The third-order valence-corrected chi connectivity index (χ3v) is 3.71. The summed E-state index contributed by atoms with van der Waals surface area (Å²) in [6, 6.07) is 7.07.